The van der Waals surface area contributed by atoms with Crippen LogP contribution in [0.15, 0.2) is 24.3 Å². The van der Waals surface area contributed by atoms with Gasteiger partial charge in [-0.15, -0.1) is 0 Å². The van der Waals surface area contributed by atoms with Crippen LogP contribution in [0.25, 0.3) is 0 Å². The molecule has 23 heavy (non-hydrogen) atoms. The highest BCUT2D eigenvalue weighted by molar-refractivity contribution is 5.95. The molecule has 1 amide bonds. The molecule has 1 aromatic rings. The van der Waals surface area contributed by atoms with Crippen molar-refractivity contribution in [3.05, 3.63) is 24.3 Å². The maximum atomic E-state index is 12.3. The van der Waals surface area contributed by atoms with Gasteiger partial charge in [0.25, 0.3) is 0 Å². The Morgan fingerprint density at radius 3 is 2.52 bits per heavy atom. The fourth-order valence-electron chi connectivity index (χ4n) is 2.97. The van der Waals surface area contributed by atoms with Gasteiger partial charge >= 0.3 is 0 Å². The molecule has 0 unspecified atom stereocenters. The number of carbonyl (C=O) groups is 1. The van der Waals surface area contributed by atoms with Crippen molar-refractivity contribution >= 4 is 17.3 Å². The molecule has 0 saturated carbocycles. The van der Waals surface area contributed by atoms with E-state index in [-0.39, 0.29) is 18.1 Å². The van der Waals surface area contributed by atoms with Crippen LogP contribution in [0.3, 0.4) is 0 Å². The fraction of sp³-hybridized carbons (Fsp3) is 0.588. The minimum atomic E-state index is -0.302. The third-order valence-corrected chi connectivity index (χ3v) is 4.34. The molecule has 0 aliphatic carbocycles. The van der Waals surface area contributed by atoms with Gasteiger partial charge in [0.2, 0.25) is 5.91 Å². The predicted octanol–water partition coefficient (Wildman–Crippen LogP) is 1.59. The Balaban J connectivity index is 1.53. The van der Waals surface area contributed by atoms with Gasteiger partial charge in [0.15, 0.2) is 0 Å². The summed E-state index contributed by atoms with van der Waals surface area (Å²) in [5.41, 5.74) is 1.87. The number of hydrogen-bond acceptors (Lipinski definition) is 5. The highest BCUT2D eigenvalue weighted by Crippen LogP contribution is 2.18. The van der Waals surface area contributed by atoms with Crippen LogP contribution in [-0.4, -0.2) is 50.5 Å². The van der Waals surface area contributed by atoms with Crippen LogP contribution in [-0.2, 0) is 14.3 Å². The van der Waals surface area contributed by atoms with Gasteiger partial charge in [0.1, 0.15) is 6.04 Å². The molecule has 0 radical (unpaired) electrons. The Hall–Kier alpha value is -1.63. The quantitative estimate of drug-likeness (QED) is 0.786. The lowest BCUT2D eigenvalue weighted by Gasteiger charge is -2.29. The van der Waals surface area contributed by atoms with Gasteiger partial charge < -0.3 is 25.4 Å². The molecule has 0 spiro atoms. The largest absolute Gasteiger partial charge is 0.382 e. The number of nitrogens with one attached hydrogen (secondary N) is 3. The van der Waals surface area contributed by atoms with Crippen molar-refractivity contribution < 1.29 is 14.3 Å². The van der Waals surface area contributed by atoms with Crippen LogP contribution in [0.4, 0.5) is 11.4 Å². The lowest BCUT2D eigenvalue weighted by Crippen LogP contribution is -2.53. The summed E-state index contributed by atoms with van der Waals surface area (Å²) in [6.07, 6.45) is 1.95. The molecule has 2 fully saturated rings. The Morgan fingerprint density at radius 1 is 1.13 bits per heavy atom. The van der Waals surface area contributed by atoms with Gasteiger partial charge in [-0.25, -0.2) is 0 Å². The first-order valence-electron chi connectivity index (χ1n) is 8.32. The summed E-state index contributed by atoms with van der Waals surface area (Å²) >= 11 is 0. The first-order valence-corrected chi connectivity index (χ1v) is 8.32. The summed E-state index contributed by atoms with van der Waals surface area (Å²) < 4.78 is 10.9. The topological polar surface area (TPSA) is 71.6 Å². The minimum absolute atomic E-state index is 0.0534. The van der Waals surface area contributed by atoms with E-state index in [1.54, 1.807) is 0 Å². The van der Waals surface area contributed by atoms with E-state index in [0.717, 1.165) is 37.4 Å². The summed E-state index contributed by atoms with van der Waals surface area (Å²) in [6, 6.07) is 8.01. The van der Waals surface area contributed by atoms with E-state index in [1.165, 1.54) is 0 Å². The number of hydrogen-bond donors (Lipinski definition) is 3. The highest BCUT2D eigenvalue weighted by atomic mass is 16.5. The zero-order valence-electron chi connectivity index (χ0n) is 13.5. The monoisotopic (exact) mass is 319 g/mol. The van der Waals surface area contributed by atoms with E-state index in [9.17, 15) is 4.79 Å². The third-order valence-electron chi connectivity index (χ3n) is 4.34. The average Bonchev–Trinajstić information content (AvgIpc) is 2.58. The Labute approximate surface area is 136 Å². The zero-order valence-corrected chi connectivity index (χ0v) is 13.5. The van der Waals surface area contributed by atoms with Gasteiger partial charge in [-0.1, -0.05) is 0 Å². The molecular weight excluding hydrogens is 294 g/mol. The number of ether oxygens (including phenoxy) is 2. The number of morpholine rings is 1. The molecular formula is C17H25N3O3. The third kappa shape index (κ3) is 4.43. The molecule has 2 aliphatic heterocycles. The van der Waals surface area contributed by atoms with Crippen LogP contribution in [0.5, 0.6) is 0 Å². The number of benzene rings is 1. The first-order chi connectivity index (χ1) is 11.2. The normalized spacial score (nSPS) is 25.8. The lowest BCUT2D eigenvalue weighted by molar-refractivity contribution is -0.123. The average molecular weight is 319 g/mol. The fourth-order valence-corrected chi connectivity index (χ4v) is 2.97. The van der Waals surface area contributed by atoms with E-state index in [0.29, 0.717) is 19.2 Å². The van der Waals surface area contributed by atoms with Crippen molar-refractivity contribution in [1.29, 1.82) is 0 Å². The smallest absolute Gasteiger partial charge is 0.244 e. The van der Waals surface area contributed by atoms with Gasteiger partial charge in [-0.2, -0.15) is 0 Å². The van der Waals surface area contributed by atoms with Gasteiger partial charge in [-0.3, -0.25) is 4.79 Å². The summed E-state index contributed by atoms with van der Waals surface area (Å²) in [4.78, 5) is 12.3. The summed E-state index contributed by atoms with van der Waals surface area (Å²) in [5.74, 6) is -0.0534. The van der Waals surface area contributed by atoms with E-state index >= 15 is 0 Å². The molecule has 126 valence electrons. The lowest BCUT2D eigenvalue weighted by atomic mass is 10.1. The molecule has 0 aromatic heterocycles. The van der Waals surface area contributed by atoms with E-state index in [4.69, 9.17) is 9.47 Å². The maximum absolute atomic E-state index is 12.3. The Kier molecular flexibility index (Phi) is 5.48. The SMILES string of the molecule is C[C@H]1OCCN[C@@H]1C(=O)Nc1ccc(NC2CCOCC2)cc1. The number of anilines is 2. The van der Waals surface area contributed by atoms with E-state index in [1.807, 2.05) is 31.2 Å². The Bertz CT molecular complexity index is 514. The second-order valence-corrected chi connectivity index (χ2v) is 6.11. The molecule has 1 aromatic carbocycles. The molecule has 2 saturated heterocycles. The minimum Gasteiger partial charge on any atom is -0.382 e. The van der Waals surface area contributed by atoms with E-state index in [2.05, 4.69) is 16.0 Å². The summed E-state index contributed by atoms with van der Waals surface area (Å²) in [5, 5.41) is 9.64. The van der Waals surface area contributed by atoms with Crippen molar-refractivity contribution in [2.75, 3.05) is 37.0 Å². The predicted molar refractivity (Wildman–Crippen MR) is 89.7 cm³/mol. The molecule has 3 N–H and O–H groups in total. The standard InChI is InChI=1S/C17H25N3O3/c1-12-16(18-8-11-23-12)17(21)20-14-4-2-13(3-5-14)19-15-6-9-22-10-7-15/h2-5,12,15-16,18-19H,6-11H2,1H3,(H,20,21)/t12-,16+/m1/s1. The van der Waals surface area contributed by atoms with Crippen LogP contribution < -0.4 is 16.0 Å². The number of rotatable bonds is 4. The van der Waals surface area contributed by atoms with Crippen molar-refractivity contribution in [1.82, 2.24) is 5.32 Å². The molecule has 2 atom stereocenters. The van der Waals surface area contributed by atoms with Crippen LogP contribution >= 0.6 is 0 Å². The van der Waals surface area contributed by atoms with Crippen molar-refractivity contribution in [2.45, 2.75) is 38.0 Å². The van der Waals surface area contributed by atoms with Crippen LogP contribution in [0.2, 0.25) is 0 Å². The molecule has 3 rings (SSSR count). The first kappa shape index (κ1) is 16.2. The zero-order chi connectivity index (χ0) is 16.1. The second kappa shape index (κ2) is 7.77. The van der Waals surface area contributed by atoms with Gasteiger partial charge in [-0.05, 0) is 44.0 Å². The van der Waals surface area contributed by atoms with Crippen LogP contribution in [0.1, 0.15) is 19.8 Å². The number of amides is 1. The molecule has 6 heteroatoms. The highest BCUT2D eigenvalue weighted by Gasteiger charge is 2.28. The van der Waals surface area contributed by atoms with Crippen LogP contribution in [0, 0.1) is 0 Å². The maximum Gasteiger partial charge on any atom is 0.244 e. The van der Waals surface area contributed by atoms with Gasteiger partial charge in [0, 0.05) is 37.2 Å². The summed E-state index contributed by atoms with van der Waals surface area (Å²) in [7, 11) is 0. The molecule has 0 bridgehead atoms. The summed E-state index contributed by atoms with van der Waals surface area (Å²) in [6.45, 7) is 4.91. The van der Waals surface area contributed by atoms with Crippen molar-refractivity contribution in [2.24, 2.45) is 0 Å². The van der Waals surface area contributed by atoms with Gasteiger partial charge in [0.05, 0.1) is 12.7 Å². The second-order valence-electron chi connectivity index (χ2n) is 6.11. The van der Waals surface area contributed by atoms with Crippen molar-refractivity contribution in [3.63, 3.8) is 0 Å². The Morgan fingerprint density at radius 2 is 1.83 bits per heavy atom. The molecule has 2 aliphatic rings. The number of carbonyl (C=O) groups excluding carboxylic acids is 1. The molecule has 2 heterocycles. The van der Waals surface area contributed by atoms with Crippen molar-refractivity contribution in [3.8, 4) is 0 Å². The molecule has 6 nitrogen and oxygen atoms in total. The van der Waals surface area contributed by atoms with E-state index < -0.39 is 0 Å².